The molecule has 1 aliphatic heterocycles. The SMILES string of the molecule is CCCCCCCCNc1cccc(C=O)c1C.CN(C=O)C1CCC(=O)NC1=O. The second-order valence-corrected chi connectivity index (χ2v) is 7.57. The van der Waals surface area contributed by atoms with E-state index in [-0.39, 0.29) is 11.8 Å². The monoisotopic (exact) mass is 417 g/mol. The third-order valence-electron chi connectivity index (χ3n) is 5.22. The Kier molecular flexibility index (Phi) is 12.1. The minimum atomic E-state index is -0.486. The fraction of sp³-hybridized carbons (Fsp3) is 0.565. The highest BCUT2D eigenvalue weighted by molar-refractivity contribution is 6.00. The molecule has 0 bridgehead atoms. The third-order valence-corrected chi connectivity index (χ3v) is 5.22. The lowest BCUT2D eigenvalue weighted by molar-refractivity contribution is -0.140. The van der Waals surface area contributed by atoms with Crippen molar-refractivity contribution >= 4 is 30.2 Å². The number of hydrogen-bond donors (Lipinski definition) is 2. The molecule has 0 aromatic heterocycles. The molecule has 1 aliphatic rings. The predicted octanol–water partition coefficient (Wildman–Crippen LogP) is 3.46. The topological polar surface area (TPSA) is 95.6 Å². The van der Waals surface area contributed by atoms with Crippen LogP contribution in [0.5, 0.6) is 0 Å². The van der Waals surface area contributed by atoms with Crippen molar-refractivity contribution in [3.8, 4) is 0 Å². The maximum atomic E-state index is 11.1. The first-order chi connectivity index (χ1) is 14.4. The second kappa shape index (κ2) is 14.3. The summed E-state index contributed by atoms with van der Waals surface area (Å²) in [5.74, 6) is -0.656. The highest BCUT2D eigenvalue weighted by Crippen LogP contribution is 2.17. The van der Waals surface area contributed by atoms with E-state index in [0.29, 0.717) is 19.3 Å². The molecule has 0 radical (unpaired) electrons. The van der Waals surface area contributed by atoms with Gasteiger partial charge in [0, 0.05) is 31.3 Å². The predicted molar refractivity (Wildman–Crippen MR) is 118 cm³/mol. The highest BCUT2D eigenvalue weighted by atomic mass is 16.2. The number of hydrogen-bond acceptors (Lipinski definition) is 5. The largest absolute Gasteiger partial charge is 0.385 e. The summed E-state index contributed by atoms with van der Waals surface area (Å²) in [6.45, 7) is 5.23. The lowest BCUT2D eigenvalue weighted by Crippen LogP contribution is -2.50. The molecule has 2 rings (SSSR count). The van der Waals surface area contributed by atoms with E-state index in [1.165, 1.54) is 50.5 Å². The van der Waals surface area contributed by atoms with E-state index in [1.807, 2.05) is 25.1 Å². The minimum Gasteiger partial charge on any atom is -0.385 e. The van der Waals surface area contributed by atoms with Crippen molar-refractivity contribution in [3.63, 3.8) is 0 Å². The number of nitrogens with zero attached hydrogens (tertiary/aromatic N) is 1. The zero-order chi connectivity index (χ0) is 22.4. The Morgan fingerprint density at radius 1 is 1.13 bits per heavy atom. The first kappa shape index (κ1) is 25.3. The van der Waals surface area contributed by atoms with E-state index in [9.17, 15) is 19.2 Å². The van der Waals surface area contributed by atoms with Crippen molar-refractivity contribution in [2.45, 2.75) is 71.3 Å². The number of likely N-dealkylation sites (N-methyl/N-ethyl adjacent to an activating group) is 1. The first-order valence-corrected chi connectivity index (χ1v) is 10.7. The van der Waals surface area contributed by atoms with Gasteiger partial charge in [0.05, 0.1) is 0 Å². The molecule has 3 amide bonds. The van der Waals surface area contributed by atoms with Crippen LogP contribution in [0.15, 0.2) is 18.2 Å². The number of imide groups is 1. The third kappa shape index (κ3) is 8.76. The van der Waals surface area contributed by atoms with Crippen LogP contribution in [0.3, 0.4) is 0 Å². The number of piperidine rings is 1. The molecule has 1 aromatic carbocycles. The van der Waals surface area contributed by atoms with Gasteiger partial charge < -0.3 is 10.2 Å². The summed E-state index contributed by atoms with van der Waals surface area (Å²) in [5, 5.41) is 5.59. The van der Waals surface area contributed by atoms with Gasteiger partial charge in [-0.2, -0.15) is 0 Å². The van der Waals surface area contributed by atoms with Gasteiger partial charge in [-0.05, 0) is 31.4 Å². The van der Waals surface area contributed by atoms with Crippen molar-refractivity contribution in [1.29, 1.82) is 0 Å². The Hall–Kier alpha value is -2.70. The number of benzene rings is 1. The molecule has 166 valence electrons. The van der Waals surface area contributed by atoms with Gasteiger partial charge in [0.25, 0.3) is 0 Å². The van der Waals surface area contributed by atoms with E-state index in [0.717, 1.165) is 29.6 Å². The fourth-order valence-electron chi connectivity index (χ4n) is 3.25. The van der Waals surface area contributed by atoms with Crippen molar-refractivity contribution in [3.05, 3.63) is 29.3 Å². The zero-order valence-electron chi connectivity index (χ0n) is 18.4. The molecule has 0 aliphatic carbocycles. The van der Waals surface area contributed by atoms with Crippen LogP contribution in [0.25, 0.3) is 0 Å². The number of unbranched alkanes of at least 4 members (excludes halogenated alkanes) is 5. The molecule has 7 nitrogen and oxygen atoms in total. The Morgan fingerprint density at radius 3 is 2.47 bits per heavy atom. The molecule has 1 saturated heterocycles. The minimum absolute atomic E-state index is 0.268. The van der Waals surface area contributed by atoms with Gasteiger partial charge in [-0.25, -0.2) is 0 Å². The lowest BCUT2D eigenvalue weighted by Gasteiger charge is -2.26. The summed E-state index contributed by atoms with van der Waals surface area (Å²) < 4.78 is 0. The number of carbonyl (C=O) groups is 4. The van der Waals surface area contributed by atoms with E-state index >= 15 is 0 Å². The van der Waals surface area contributed by atoms with Crippen molar-refractivity contribution in [2.75, 3.05) is 18.9 Å². The van der Waals surface area contributed by atoms with Gasteiger partial charge in [-0.3, -0.25) is 24.5 Å². The van der Waals surface area contributed by atoms with Gasteiger partial charge in [-0.15, -0.1) is 0 Å². The van der Waals surface area contributed by atoms with E-state index in [4.69, 9.17) is 0 Å². The Labute approximate surface area is 179 Å². The number of rotatable bonds is 11. The van der Waals surface area contributed by atoms with E-state index in [2.05, 4.69) is 17.6 Å². The Balaban J connectivity index is 0.000000325. The standard InChI is InChI=1S/C16H25NO.C7H10N2O3/c1-3-4-5-6-7-8-12-17-16-11-9-10-15(13-18)14(16)2;1-9(4-10)5-2-3-6(11)8-7(5)12/h9-11,13,17H,3-8,12H2,1-2H3;4-5H,2-3H2,1H3,(H,8,11,12). The number of aldehydes is 1. The Bertz CT molecular complexity index is 706. The number of nitrogens with one attached hydrogen (secondary N) is 2. The van der Waals surface area contributed by atoms with Crippen molar-refractivity contribution < 1.29 is 19.2 Å². The van der Waals surface area contributed by atoms with E-state index < -0.39 is 6.04 Å². The van der Waals surface area contributed by atoms with Gasteiger partial charge in [-0.1, -0.05) is 51.2 Å². The summed E-state index contributed by atoms with van der Waals surface area (Å²) in [6.07, 6.45) is 10.1. The first-order valence-electron chi connectivity index (χ1n) is 10.7. The molecular formula is C23H35N3O4. The van der Waals surface area contributed by atoms with Crippen LogP contribution in [0, 0.1) is 6.92 Å². The van der Waals surface area contributed by atoms with Crippen LogP contribution in [-0.2, 0) is 14.4 Å². The average Bonchev–Trinajstić information content (AvgIpc) is 2.74. The molecule has 1 atom stereocenters. The zero-order valence-corrected chi connectivity index (χ0v) is 18.4. The van der Waals surface area contributed by atoms with Gasteiger partial charge in [0.2, 0.25) is 18.2 Å². The summed E-state index contributed by atoms with van der Waals surface area (Å²) in [6, 6.07) is 5.35. The van der Waals surface area contributed by atoms with Crippen LogP contribution in [0.2, 0.25) is 0 Å². The molecule has 1 fully saturated rings. The van der Waals surface area contributed by atoms with Gasteiger partial charge >= 0.3 is 0 Å². The normalized spacial score (nSPS) is 15.5. The maximum Gasteiger partial charge on any atom is 0.249 e. The molecule has 7 heteroatoms. The number of carbonyl (C=O) groups excluding carboxylic acids is 4. The molecular weight excluding hydrogens is 382 g/mol. The molecule has 1 aromatic rings. The number of amides is 3. The summed E-state index contributed by atoms with van der Waals surface area (Å²) in [7, 11) is 1.52. The molecule has 0 spiro atoms. The van der Waals surface area contributed by atoms with Crippen LogP contribution in [0.4, 0.5) is 5.69 Å². The quantitative estimate of drug-likeness (QED) is 0.327. The molecule has 2 N–H and O–H groups in total. The van der Waals surface area contributed by atoms with Crippen molar-refractivity contribution in [1.82, 2.24) is 10.2 Å². The molecule has 1 unspecified atom stereocenters. The smallest absolute Gasteiger partial charge is 0.249 e. The van der Waals surface area contributed by atoms with E-state index in [1.54, 1.807) is 0 Å². The van der Waals surface area contributed by atoms with Gasteiger partial charge in [0.1, 0.15) is 12.3 Å². The lowest BCUT2D eigenvalue weighted by atomic mass is 10.1. The maximum absolute atomic E-state index is 11.1. The Morgan fingerprint density at radius 2 is 1.83 bits per heavy atom. The molecule has 30 heavy (non-hydrogen) atoms. The molecule has 1 heterocycles. The second-order valence-electron chi connectivity index (χ2n) is 7.57. The van der Waals surface area contributed by atoms with Crippen LogP contribution in [-0.4, -0.2) is 49.0 Å². The fourth-order valence-corrected chi connectivity index (χ4v) is 3.25. The summed E-state index contributed by atoms with van der Waals surface area (Å²) in [4.78, 5) is 44.1. The summed E-state index contributed by atoms with van der Waals surface area (Å²) >= 11 is 0. The van der Waals surface area contributed by atoms with Gasteiger partial charge in [0.15, 0.2) is 0 Å². The van der Waals surface area contributed by atoms with Crippen LogP contribution < -0.4 is 10.6 Å². The van der Waals surface area contributed by atoms with Crippen LogP contribution in [0.1, 0.15) is 74.2 Å². The van der Waals surface area contributed by atoms with Crippen LogP contribution >= 0.6 is 0 Å². The summed E-state index contributed by atoms with van der Waals surface area (Å²) in [5.41, 5.74) is 2.93. The number of anilines is 1. The average molecular weight is 418 g/mol. The molecule has 0 saturated carbocycles. The highest BCUT2D eigenvalue weighted by Gasteiger charge is 2.28. The van der Waals surface area contributed by atoms with Crippen molar-refractivity contribution in [2.24, 2.45) is 0 Å².